The van der Waals surface area contributed by atoms with E-state index in [4.69, 9.17) is 0 Å². The molecule has 1 aromatic rings. The first-order chi connectivity index (χ1) is 8.33. The molecule has 17 heavy (non-hydrogen) atoms. The highest BCUT2D eigenvalue weighted by molar-refractivity contribution is 5.46. The van der Waals surface area contributed by atoms with E-state index in [1.165, 1.54) is 18.4 Å². The Hall–Kier alpha value is -1.57. The van der Waals surface area contributed by atoms with Gasteiger partial charge in [0, 0.05) is 13.6 Å². The average molecular weight is 231 g/mol. The first-order valence-electron chi connectivity index (χ1n) is 6.17. The van der Waals surface area contributed by atoms with Crippen molar-refractivity contribution in [2.45, 2.75) is 25.7 Å². The number of nitrogens with zero attached hydrogens (tertiary/aromatic N) is 1. The minimum atomic E-state index is 0.711. The first-order valence-corrected chi connectivity index (χ1v) is 6.17. The van der Waals surface area contributed by atoms with Crippen LogP contribution in [0.25, 0.3) is 0 Å². The lowest BCUT2D eigenvalue weighted by Gasteiger charge is -2.04. The topological polar surface area (TPSA) is 20.3 Å². The van der Waals surface area contributed by atoms with Crippen LogP contribution in [0.3, 0.4) is 0 Å². The molecule has 2 heteroatoms. The number of likely N-dealkylation sites (N-methyl/N-ethyl adjacent to an activating group) is 1. The van der Waals surface area contributed by atoms with Crippen molar-refractivity contribution in [1.82, 2.24) is 4.90 Å². The van der Waals surface area contributed by atoms with E-state index >= 15 is 0 Å². The molecule has 0 heterocycles. The average Bonchev–Trinajstić information content (AvgIpc) is 2.38. The monoisotopic (exact) mass is 231 g/mol. The molecule has 1 amide bonds. The Morgan fingerprint density at radius 2 is 1.88 bits per heavy atom. The van der Waals surface area contributed by atoms with Crippen LogP contribution in [-0.4, -0.2) is 24.9 Å². The van der Waals surface area contributed by atoms with E-state index in [0.717, 1.165) is 19.3 Å². The molecular formula is C15H21NO. The molecule has 0 aliphatic heterocycles. The lowest BCUT2D eigenvalue weighted by Crippen LogP contribution is -2.14. The van der Waals surface area contributed by atoms with Gasteiger partial charge in [0.25, 0.3) is 0 Å². The number of rotatable bonds is 8. The molecule has 0 unspecified atom stereocenters. The summed E-state index contributed by atoms with van der Waals surface area (Å²) in [5.41, 5.74) is 1.41. The zero-order valence-corrected chi connectivity index (χ0v) is 10.5. The largest absolute Gasteiger partial charge is 0.345 e. The second-order valence-electron chi connectivity index (χ2n) is 4.25. The summed E-state index contributed by atoms with van der Waals surface area (Å²) in [4.78, 5) is 11.9. The summed E-state index contributed by atoms with van der Waals surface area (Å²) >= 11 is 0. The van der Waals surface area contributed by atoms with Crippen LogP contribution in [0.2, 0.25) is 0 Å². The van der Waals surface area contributed by atoms with Crippen LogP contribution in [0.4, 0.5) is 0 Å². The molecule has 0 spiro atoms. The summed E-state index contributed by atoms with van der Waals surface area (Å²) in [5, 5.41) is 0. The van der Waals surface area contributed by atoms with Gasteiger partial charge in [0.2, 0.25) is 6.41 Å². The van der Waals surface area contributed by atoms with E-state index in [9.17, 15) is 4.79 Å². The van der Waals surface area contributed by atoms with E-state index in [1.807, 2.05) is 0 Å². The Balaban J connectivity index is 2.03. The van der Waals surface area contributed by atoms with E-state index in [-0.39, 0.29) is 0 Å². The van der Waals surface area contributed by atoms with Crippen molar-refractivity contribution in [2.24, 2.45) is 0 Å². The van der Waals surface area contributed by atoms with Crippen molar-refractivity contribution in [1.29, 1.82) is 0 Å². The van der Waals surface area contributed by atoms with Crippen molar-refractivity contribution in [3.05, 3.63) is 48.0 Å². The number of amides is 1. The molecule has 1 rings (SSSR count). The van der Waals surface area contributed by atoms with Crippen LogP contribution in [-0.2, 0) is 11.2 Å². The lowest BCUT2D eigenvalue weighted by molar-refractivity contribution is -0.116. The van der Waals surface area contributed by atoms with Crippen molar-refractivity contribution < 1.29 is 4.79 Å². The van der Waals surface area contributed by atoms with Gasteiger partial charge in [-0.25, -0.2) is 0 Å². The normalized spacial score (nSPS) is 10.6. The Labute approximate surface area is 104 Å². The number of hydrogen-bond acceptors (Lipinski definition) is 1. The fourth-order valence-electron chi connectivity index (χ4n) is 1.64. The molecule has 0 aliphatic rings. The van der Waals surface area contributed by atoms with Crippen molar-refractivity contribution >= 4 is 6.41 Å². The van der Waals surface area contributed by atoms with Crippen LogP contribution < -0.4 is 0 Å². The highest BCUT2D eigenvalue weighted by atomic mass is 16.1. The number of carbonyl (C=O) groups excluding carboxylic acids is 1. The van der Waals surface area contributed by atoms with E-state index in [0.29, 0.717) is 6.54 Å². The van der Waals surface area contributed by atoms with Crippen LogP contribution >= 0.6 is 0 Å². The standard InChI is InChI=1S/C15H21NO/c1-16(14-17)13-9-4-2-3-6-10-15-11-7-5-8-12-15/h4-5,7-9,11-12,14H,2-3,6,10,13H2,1H3. The van der Waals surface area contributed by atoms with Gasteiger partial charge in [-0.15, -0.1) is 0 Å². The maximum absolute atomic E-state index is 10.3. The quantitative estimate of drug-likeness (QED) is 0.382. The van der Waals surface area contributed by atoms with Crippen molar-refractivity contribution in [3.8, 4) is 0 Å². The van der Waals surface area contributed by atoms with Crippen LogP contribution in [0, 0.1) is 0 Å². The van der Waals surface area contributed by atoms with Gasteiger partial charge in [0.15, 0.2) is 0 Å². The molecule has 0 bridgehead atoms. The van der Waals surface area contributed by atoms with Crippen LogP contribution in [0.5, 0.6) is 0 Å². The molecular weight excluding hydrogens is 210 g/mol. The van der Waals surface area contributed by atoms with E-state index in [2.05, 4.69) is 42.5 Å². The second-order valence-corrected chi connectivity index (χ2v) is 4.25. The maximum Gasteiger partial charge on any atom is 0.209 e. The van der Waals surface area contributed by atoms with Gasteiger partial charge in [0.05, 0.1) is 0 Å². The first kappa shape index (κ1) is 13.5. The molecule has 0 aromatic heterocycles. The summed E-state index contributed by atoms with van der Waals surface area (Å²) in [7, 11) is 1.78. The molecule has 92 valence electrons. The highest BCUT2D eigenvalue weighted by Crippen LogP contribution is 2.06. The molecule has 0 fully saturated rings. The van der Waals surface area contributed by atoms with Gasteiger partial charge in [-0.3, -0.25) is 4.79 Å². The summed E-state index contributed by atoms with van der Waals surface area (Å²) < 4.78 is 0. The number of hydrogen-bond donors (Lipinski definition) is 0. The third-order valence-corrected chi connectivity index (χ3v) is 2.67. The number of aryl methyl sites for hydroxylation is 1. The lowest BCUT2D eigenvalue weighted by atomic mass is 10.1. The summed E-state index contributed by atoms with van der Waals surface area (Å²) in [6, 6.07) is 10.6. The summed E-state index contributed by atoms with van der Waals surface area (Å²) in [5.74, 6) is 0. The van der Waals surface area contributed by atoms with Gasteiger partial charge in [0.1, 0.15) is 0 Å². The van der Waals surface area contributed by atoms with E-state index in [1.54, 1.807) is 11.9 Å². The smallest absolute Gasteiger partial charge is 0.209 e. The number of carbonyl (C=O) groups is 1. The Morgan fingerprint density at radius 1 is 1.12 bits per heavy atom. The molecule has 0 aliphatic carbocycles. The summed E-state index contributed by atoms with van der Waals surface area (Å²) in [6.07, 6.45) is 9.73. The predicted octanol–water partition coefficient (Wildman–Crippen LogP) is 3.04. The van der Waals surface area contributed by atoms with Gasteiger partial charge in [-0.2, -0.15) is 0 Å². The number of allylic oxidation sites excluding steroid dienone is 1. The molecule has 1 aromatic carbocycles. The zero-order chi connectivity index (χ0) is 12.3. The van der Waals surface area contributed by atoms with Gasteiger partial charge in [-0.05, 0) is 31.2 Å². The van der Waals surface area contributed by atoms with Crippen molar-refractivity contribution in [3.63, 3.8) is 0 Å². The number of benzene rings is 1. The summed E-state index contributed by atoms with van der Waals surface area (Å²) in [6.45, 7) is 0.711. The second kappa shape index (κ2) is 8.57. The van der Waals surface area contributed by atoms with Crippen LogP contribution in [0.1, 0.15) is 24.8 Å². The van der Waals surface area contributed by atoms with Gasteiger partial charge >= 0.3 is 0 Å². The zero-order valence-electron chi connectivity index (χ0n) is 10.5. The van der Waals surface area contributed by atoms with Gasteiger partial charge < -0.3 is 4.90 Å². The Morgan fingerprint density at radius 3 is 2.59 bits per heavy atom. The highest BCUT2D eigenvalue weighted by Gasteiger charge is 1.91. The number of unbranched alkanes of at least 4 members (excludes halogenated alkanes) is 2. The van der Waals surface area contributed by atoms with E-state index < -0.39 is 0 Å². The fraction of sp³-hybridized carbons (Fsp3) is 0.400. The van der Waals surface area contributed by atoms with Crippen molar-refractivity contribution in [2.75, 3.05) is 13.6 Å². The molecule has 0 saturated heterocycles. The minimum Gasteiger partial charge on any atom is -0.345 e. The fourth-order valence-corrected chi connectivity index (χ4v) is 1.64. The molecule has 0 atom stereocenters. The van der Waals surface area contributed by atoms with Gasteiger partial charge in [-0.1, -0.05) is 42.5 Å². The predicted molar refractivity (Wildman–Crippen MR) is 71.8 cm³/mol. The Bertz CT molecular complexity index is 332. The third kappa shape index (κ3) is 6.56. The molecule has 2 nitrogen and oxygen atoms in total. The maximum atomic E-state index is 10.3. The molecule has 0 N–H and O–H groups in total. The minimum absolute atomic E-state index is 0.711. The van der Waals surface area contributed by atoms with Crippen LogP contribution in [0.15, 0.2) is 42.5 Å². The third-order valence-electron chi connectivity index (χ3n) is 2.67. The Kier molecular flexibility index (Phi) is 6.80. The molecule has 0 saturated carbocycles. The molecule has 0 radical (unpaired) electrons. The SMILES string of the molecule is CN(C=O)CC=CCCCCc1ccccc1.